The van der Waals surface area contributed by atoms with Crippen LogP contribution in [0.4, 0.5) is 0 Å². The van der Waals surface area contributed by atoms with Gasteiger partial charge in [0, 0.05) is 7.11 Å². The van der Waals surface area contributed by atoms with E-state index in [-0.39, 0.29) is 5.60 Å². The summed E-state index contributed by atoms with van der Waals surface area (Å²) < 4.78 is 5.91. The molecule has 1 atom stereocenters. The van der Waals surface area contributed by atoms with Crippen molar-refractivity contribution >= 4 is 0 Å². The summed E-state index contributed by atoms with van der Waals surface area (Å²) in [5.74, 6) is 0. The molecule has 0 aromatic carbocycles. The zero-order valence-electron chi connectivity index (χ0n) is 12.1. The van der Waals surface area contributed by atoms with Crippen LogP contribution in [0.3, 0.4) is 0 Å². The van der Waals surface area contributed by atoms with Crippen molar-refractivity contribution in [1.29, 1.82) is 0 Å². The smallest absolute Gasteiger partial charge is 0.0869 e. The predicted molar refractivity (Wildman–Crippen MR) is 76.8 cm³/mol. The van der Waals surface area contributed by atoms with Gasteiger partial charge in [0.25, 0.3) is 0 Å². The van der Waals surface area contributed by atoms with E-state index in [0.29, 0.717) is 6.04 Å². The number of nitrogens with one attached hydrogen (secondary N) is 1. The van der Waals surface area contributed by atoms with E-state index in [9.17, 15) is 0 Å². The van der Waals surface area contributed by atoms with E-state index in [1.165, 1.54) is 57.8 Å². The van der Waals surface area contributed by atoms with Gasteiger partial charge < -0.3 is 10.1 Å². The maximum atomic E-state index is 5.91. The summed E-state index contributed by atoms with van der Waals surface area (Å²) in [7, 11) is 1.90. The Morgan fingerprint density at radius 1 is 1.22 bits per heavy atom. The summed E-state index contributed by atoms with van der Waals surface area (Å²) in [4.78, 5) is 0. The van der Waals surface area contributed by atoms with Crippen molar-refractivity contribution in [3.8, 4) is 0 Å². The molecule has 0 amide bonds. The first kappa shape index (κ1) is 14.1. The van der Waals surface area contributed by atoms with Gasteiger partial charge in [0.05, 0.1) is 11.6 Å². The van der Waals surface area contributed by atoms with Crippen molar-refractivity contribution in [3.05, 3.63) is 11.6 Å². The topological polar surface area (TPSA) is 21.3 Å². The Hall–Kier alpha value is -0.340. The van der Waals surface area contributed by atoms with Gasteiger partial charge in [-0.15, -0.1) is 0 Å². The summed E-state index contributed by atoms with van der Waals surface area (Å²) in [6, 6.07) is 0.458. The molecular weight excluding hydrogens is 222 g/mol. The van der Waals surface area contributed by atoms with Gasteiger partial charge in [0.1, 0.15) is 0 Å². The zero-order chi connectivity index (χ0) is 12.8. The minimum absolute atomic E-state index is 0.0983. The Morgan fingerprint density at radius 3 is 2.61 bits per heavy atom. The van der Waals surface area contributed by atoms with Crippen LogP contribution in [0.15, 0.2) is 11.6 Å². The zero-order valence-corrected chi connectivity index (χ0v) is 12.1. The van der Waals surface area contributed by atoms with Crippen molar-refractivity contribution in [1.82, 2.24) is 5.32 Å². The molecule has 0 aromatic heterocycles. The van der Waals surface area contributed by atoms with E-state index in [1.807, 2.05) is 7.11 Å². The van der Waals surface area contributed by atoms with Crippen molar-refractivity contribution < 1.29 is 4.74 Å². The molecule has 1 fully saturated rings. The van der Waals surface area contributed by atoms with E-state index >= 15 is 0 Å². The first-order valence-electron chi connectivity index (χ1n) is 7.80. The Balaban J connectivity index is 2.12. The minimum atomic E-state index is 0.0983. The molecule has 2 heteroatoms. The van der Waals surface area contributed by atoms with E-state index in [2.05, 4.69) is 18.3 Å². The standard InChI is InChI=1S/C16H29NO/c1-3-17-15(16(18-2)12-9-13-16)14-10-7-5-4-6-8-11-14/h10,15,17H,3-9,11-13H2,1-2H3. The number of rotatable bonds is 5. The van der Waals surface area contributed by atoms with Crippen molar-refractivity contribution in [3.63, 3.8) is 0 Å². The fourth-order valence-corrected chi connectivity index (χ4v) is 3.47. The van der Waals surface area contributed by atoms with Gasteiger partial charge in [0.2, 0.25) is 0 Å². The molecule has 104 valence electrons. The van der Waals surface area contributed by atoms with E-state index in [1.54, 1.807) is 5.57 Å². The summed E-state index contributed by atoms with van der Waals surface area (Å²) >= 11 is 0. The highest BCUT2D eigenvalue weighted by Gasteiger charge is 2.45. The lowest BCUT2D eigenvalue weighted by molar-refractivity contribution is -0.0902. The molecular formula is C16H29NO. The quantitative estimate of drug-likeness (QED) is 0.750. The molecule has 1 N–H and O–H groups in total. The molecule has 2 aliphatic rings. The van der Waals surface area contributed by atoms with E-state index < -0.39 is 0 Å². The van der Waals surface area contributed by atoms with Gasteiger partial charge in [-0.05, 0) is 51.5 Å². The summed E-state index contributed by atoms with van der Waals surface area (Å²) in [6.45, 7) is 3.24. The molecule has 2 nitrogen and oxygen atoms in total. The Labute approximate surface area is 112 Å². The van der Waals surface area contributed by atoms with Crippen molar-refractivity contribution in [2.24, 2.45) is 0 Å². The first-order chi connectivity index (χ1) is 8.82. The van der Waals surface area contributed by atoms with Crippen LogP contribution in [0.2, 0.25) is 0 Å². The summed E-state index contributed by atoms with van der Waals surface area (Å²) in [5, 5.41) is 3.70. The van der Waals surface area contributed by atoms with Gasteiger partial charge in [-0.2, -0.15) is 0 Å². The lowest BCUT2D eigenvalue weighted by atomic mass is 9.71. The third-order valence-electron chi connectivity index (χ3n) is 4.74. The van der Waals surface area contributed by atoms with Gasteiger partial charge in [0.15, 0.2) is 0 Å². The molecule has 0 spiro atoms. The van der Waals surface area contributed by atoms with Gasteiger partial charge in [-0.25, -0.2) is 0 Å². The second-order valence-electron chi connectivity index (χ2n) is 5.85. The maximum absolute atomic E-state index is 5.91. The second kappa shape index (κ2) is 6.72. The Kier molecular flexibility index (Phi) is 5.25. The average molecular weight is 251 g/mol. The van der Waals surface area contributed by atoms with Gasteiger partial charge in [-0.1, -0.05) is 31.4 Å². The van der Waals surface area contributed by atoms with Crippen molar-refractivity contribution in [2.75, 3.05) is 13.7 Å². The molecule has 0 radical (unpaired) electrons. The fourth-order valence-electron chi connectivity index (χ4n) is 3.47. The molecule has 2 rings (SSSR count). The molecule has 0 saturated heterocycles. The third kappa shape index (κ3) is 2.97. The molecule has 2 aliphatic carbocycles. The van der Waals surface area contributed by atoms with Crippen LogP contribution < -0.4 is 5.32 Å². The Bertz CT molecular complexity index is 275. The minimum Gasteiger partial charge on any atom is -0.376 e. The monoisotopic (exact) mass is 251 g/mol. The number of hydrogen-bond acceptors (Lipinski definition) is 2. The van der Waals surface area contributed by atoms with Crippen molar-refractivity contribution in [2.45, 2.75) is 76.4 Å². The number of ether oxygens (including phenoxy) is 1. The largest absolute Gasteiger partial charge is 0.376 e. The van der Waals surface area contributed by atoms with Crippen LogP contribution in [-0.2, 0) is 4.74 Å². The lowest BCUT2D eigenvalue weighted by Crippen LogP contribution is -2.57. The summed E-state index contributed by atoms with van der Waals surface area (Å²) in [5.41, 5.74) is 1.72. The van der Waals surface area contributed by atoms with E-state index in [4.69, 9.17) is 4.74 Å². The molecule has 1 unspecified atom stereocenters. The first-order valence-corrected chi connectivity index (χ1v) is 7.80. The third-order valence-corrected chi connectivity index (χ3v) is 4.74. The van der Waals surface area contributed by atoms with Gasteiger partial charge >= 0.3 is 0 Å². The predicted octanol–water partition coefficient (Wildman–Crippen LogP) is 3.81. The number of hydrogen-bond donors (Lipinski definition) is 1. The maximum Gasteiger partial charge on any atom is 0.0869 e. The van der Waals surface area contributed by atoms with Gasteiger partial charge in [-0.3, -0.25) is 0 Å². The van der Waals surface area contributed by atoms with Crippen LogP contribution in [-0.4, -0.2) is 25.3 Å². The number of likely N-dealkylation sites (N-methyl/N-ethyl adjacent to an activating group) is 1. The highest BCUT2D eigenvalue weighted by atomic mass is 16.5. The van der Waals surface area contributed by atoms with Crippen LogP contribution in [0, 0.1) is 0 Å². The summed E-state index contributed by atoms with van der Waals surface area (Å²) in [6.07, 6.45) is 14.3. The molecule has 1 saturated carbocycles. The SMILES string of the molecule is CCNC(C1=CCCCCCC1)C1(OC)CCC1. The van der Waals surface area contributed by atoms with Crippen LogP contribution >= 0.6 is 0 Å². The fraction of sp³-hybridized carbons (Fsp3) is 0.875. The number of methoxy groups -OCH3 is 1. The Morgan fingerprint density at radius 2 is 2.00 bits per heavy atom. The molecule has 0 bridgehead atoms. The molecule has 0 aromatic rings. The molecule has 0 aliphatic heterocycles. The highest BCUT2D eigenvalue weighted by Crippen LogP contribution is 2.41. The van der Waals surface area contributed by atoms with E-state index in [0.717, 1.165) is 6.54 Å². The average Bonchev–Trinajstić information content (AvgIpc) is 2.27. The van der Waals surface area contributed by atoms with Crippen LogP contribution in [0.25, 0.3) is 0 Å². The second-order valence-corrected chi connectivity index (χ2v) is 5.85. The molecule has 0 heterocycles. The normalized spacial score (nSPS) is 25.6. The van der Waals surface area contributed by atoms with Crippen LogP contribution in [0.5, 0.6) is 0 Å². The number of allylic oxidation sites excluding steroid dienone is 1. The lowest BCUT2D eigenvalue weighted by Gasteiger charge is -2.48. The molecule has 18 heavy (non-hydrogen) atoms. The highest BCUT2D eigenvalue weighted by molar-refractivity contribution is 5.20. The van der Waals surface area contributed by atoms with Crippen LogP contribution in [0.1, 0.15) is 64.7 Å².